The van der Waals surface area contributed by atoms with Crippen LogP contribution in [0.2, 0.25) is 0 Å². The average molecular weight is 461 g/mol. The van der Waals surface area contributed by atoms with E-state index in [1.807, 2.05) is 35.8 Å². The predicted octanol–water partition coefficient (Wildman–Crippen LogP) is 4.15. The SMILES string of the molecule is CCCCn1c(=O)c2c(OCCOCC)c(C(=O)N(C)CCOC)sc2c2ccccc21. The lowest BCUT2D eigenvalue weighted by atomic mass is 10.1. The van der Waals surface area contributed by atoms with Gasteiger partial charge in [-0.1, -0.05) is 31.5 Å². The number of nitrogens with zero attached hydrogens (tertiary/aromatic N) is 2. The number of benzene rings is 1. The fourth-order valence-electron chi connectivity index (χ4n) is 3.61. The van der Waals surface area contributed by atoms with Gasteiger partial charge in [-0.25, -0.2) is 0 Å². The zero-order chi connectivity index (χ0) is 23.1. The highest BCUT2D eigenvalue weighted by atomic mass is 32.1. The molecule has 0 aliphatic carbocycles. The molecule has 0 spiro atoms. The molecule has 174 valence electrons. The maximum Gasteiger partial charge on any atom is 0.267 e. The Morgan fingerprint density at radius 3 is 2.66 bits per heavy atom. The highest BCUT2D eigenvalue weighted by Gasteiger charge is 2.27. The standard InChI is InChI=1S/C24H32N2O5S/c1-5-7-12-26-18-11-9-8-10-17(18)21-19(23(26)27)20(31-16-15-30-6-2)22(32-21)24(28)25(3)13-14-29-4/h8-11H,5-7,12-16H2,1-4H3. The highest BCUT2D eigenvalue weighted by Crippen LogP contribution is 2.40. The lowest BCUT2D eigenvalue weighted by Crippen LogP contribution is -2.29. The van der Waals surface area contributed by atoms with E-state index in [0.717, 1.165) is 28.4 Å². The van der Waals surface area contributed by atoms with Crippen molar-refractivity contribution in [2.75, 3.05) is 47.1 Å². The van der Waals surface area contributed by atoms with Crippen molar-refractivity contribution in [2.45, 2.75) is 33.2 Å². The Bertz CT molecular complexity index is 1120. The molecule has 2 aromatic heterocycles. The summed E-state index contributed by atoms with van der Waals surface area (Å²) in [5.74, 6) is 0.179. The molecule has 0 saturated carbocycles. The second kappa shape index (κ2) is 11.4. The number of amides is 1. The van der Waals surface area contributed by atoms with Gasteiger partial charge in [0, 0.05) is 39.2 Å². The Kier molecular flexibility index (Phi) is 8.67. The molecule has 0 N–H and O–H groups in total. The number of aromatic nitrogens is 1. The van der Waals surface area contributed by atoms with Gasteiger partial charge in [-0.05, 0) is 19.4 Å². The monoisotopic (exact) mass is 460 g/mol. The number of carbonyl (C=O) groups excluding carboxylic acids is 1. The molecule has 32 heavy (non-hydrogen) atoms. The Balaban J connectivity index is 2.21. The van der Waals surface area contributed by atoms with Crippen LogP contribution in [0.4, 0.5) is 0 Å². The Morgan fingerprint density at radius 1 is 1.16 bits per heavy atom. The number of carbonyl (C=O) groups is 1. The summed E-state index contributed by atoms with van der Waals surface area (Å²) in [6.45, 7) is 6.75. The number of methoxy groups -OCH3 is 1. The number of ether oxygens (including phenoxy) is 3. The number of likely N-dealkylation sites (N-methyl/N-ethyl adjacent to an activating group) is 1. The summed E-state index contributed by atoms with van der Waals surface area (Å²) in [6.07, 6.45) is 1.87. The Hall–Kier alpha value is -2.42. The van der Waals surface area contributed by atoms with Crippen LogP contribution in [0, 0.1) is 0 Å². The summed E-state index contributed by atoms with van der Waals surface area (Å²) >= 11 is 1.32. The molecule has 0 aliphatic rings. The predicted molar refractivity (Wildman–Crippen MR) is 129 cm³/mol. The summed E-state index contributed by atoms with van der Waals surface area (Å²) in [7, 11) is 3.33. The van der Waals surface area contributed by atoms with Gasteiger partial charge < -0.3 is 23.7 Å². The summed E-state index contributed by atoms with van der Waals surface area (Å²) in [5.41, 5.74) is 0.765. The first-order chi connectivity index (χ1) is 15.5. The summed E-state index contributed by atoms with van der Waals surface area (Å²) in [6, 6.07) is 7.86. The molecule has 7 nitrogen and oxygen atoms in total. The lowest BCUT2D eigenvalue weighted by Gasteiger charge is -2.17. The third-order valence-corrected chi connectivity index (χ3v) is 6.54. The van der Waals surface area contributed by atoms with Gasteiger partial charge in [-0.2, -0.15) is 0 Å². The maximum absolute atomic E-state index is 13.6. The van der Waals surface area contributed by atoms with Crippen molar-refractivity contribution in [1.29, 1.82) is 0 Å². The van der Waals surface area contributed by atoms with Crippen LogP contribution < -0.4 is 10.3 Å². The van der Waals surface area contributed by atoms with Gasteiger partial charge in [-0.3, -0.25) is 9.59 Å². The first-order valence-corrected chi connectivity index (χ1v) is 11.9. The summed E-state index contributed by atoms with van der Waals surface area (Å²) in [4.78, 5) is 29.0. The molecule has 8 heteroatoms. The number of fused-ring (bicyclic) bond motifs is 3. The van der Waals surface area contributed by atoms with Gasteiger partial charge in [0.2, 0.25) is 0 Å². The molecule has 0 bridgehead atoms. The molecule has 0 radical (unpaired) electrons. The maximum atomic E-state index is 13.6. The minimum absolute atomic E-state index is 0.117. The van der Waals surface area contributed by atoms with E-state index >= 15 is 0 Å². The number of aryl methyl sites for hydroxylation is 1. The molecule has 0 aliphatic heterocycles. The molecule has 3 aromatic rings. The number of para-hydroxylation sites is 1. The van der Waals surface area contributed by atoms with Crippen molar-refractivity contribution in [3.8, 4) is 5.75 Å². The number of pyridine rings is 1. The molecule has 2 heterocycles. The van der Waals surface area contributed by atoms with Crippen LogP contribution >= 0.6 is 11.3 Å². The van der Waals surface area contributed by atoms with Crippen molar-refractivity contribution in [1.82, 2.24) is 9.47 Å². The van der Waals surface area contributed by atoms with E-state index in [2.05, 4.69) is 6.92 Å². The van der Waals surface area contributed by atoms with Crippen LogP contribution in [0.25, 0.3) is 21.0 Å². The summed E-state index contributed by atoms with van der Waals surface area (Å²) < 4.78 is 19.2. The average Bonchev–Trinajstić information content (AvgIpc) is 3.19. The van der Waals surface area contributed by atoms with Crippen molar-refractivity contribution >= 4 is 38.2 Å². The quantitative estimate of drug-likeness (QED) is 0.380. The Labute approximate surface area is 192 Å². The fraction of sp³-hybridized carbons (Fsp3) is 0.500. The normalized spacial score (nSPS) is 11.4. The lowest BCUT2D eigenvalue weighted by molar-refractivity contribution is 0.0740. The topological polar surface area (TPSA) is 70.0 Å². The largest absolute Gasteiger partial charge is 0.489 e. The molecule has 1 amide bonds. The van der Waals surface area contributed by atoms with Gasteiger partial charge in [0.25, 0.3) is 11.5 Å². The second-order valence-corrected chi connectivity index (χ2v) is 8.58. The highest BCUT2D eigenvalue weighted by molar-refractivity contribution is 7.22. The number of hydrogen-bond acceptors (Lipinski definition) is 6. The zero-order valence-corrected chi connectivity index (χ0v) is 20.1. The van der Waals surface area contributed by atoms with Gasteiger partial charge >= 0.3 is 0 Å². The van der Waals surface area contributed by atoms with Gasteiger partial charge in [0.15, 0.2) is 5.75 Å². The molecular weight excluding hydrogens is 428 g/mol. The number of hydrogen-bond donors (Lipinski definition) is 0. The first kappa shape index (κ1) is 24.2. The number of rotatable bonds is 12. The van der Waals surface area contributed by atoms with Gasteiger partial charge in [-0.15, -0.1) is 11.3 Å². The minimum atomic E-state index is -0.182. The van der Waals surface area contributed by atoms with E-state index in [9.17, 15) is 9.59 Å². The van der Waals surface area contributed by atoms with Crippen molar-refractivity contribution < 1.29 is 19.0 Å². The molecule has 0 fully saturated rings. The van der Waals surface area contributed by atoms with E-state index in [1.165, 1.54) is 11.3 Å². The minimum Gasteiger partial charge on any atom is -0.489 e. The molecule has 3 rings (SSSR count). The second-order valence-electron chi connectivity index (χ2n) is 7.56. The van der Waals surface area contributed by atoms with Crippen molar-refractivity contribution in [2.24, 2.45) is 0 Å². The zero-order valence-electron chi connectivity index (χ0n) is 19.3. The van der Waals surface area contributed by atoms with E-state index in [0.29, 0.717) is 48.9 Å². The van der Waals surface area contributed by atoms with Crippen LogP contribution in [0.5, 0.6) is 5.75 Å². The number of unbranched alkanes of at least 4 members (excludes halogenated alkanes) is 1. The third-order valence-electron chi connectivity index (χ3n) is 5.35. The van der Waals surface area contributed by atoms with E-state index in [1.54, 1.807) is 19.1 Å². The first-order valence-electron chi connectivity index (χ1n) is 11.1. The molecule has 0 atom stereocenters. The van der Waals surface area contributed by atoms with Crippen molar-refractivity contribution in [3.63, 3.8) is 0 Å². The van der Waals surface area contributed by atoms with Crippen LogP contribution in [0.15, 0.2) is 29.1 Å². The fourth-order valence-corrected chi connectivity index (χ4v) is 4.88. The van der Waals surface area contributed by atoms with Crippen LogP contribution in [0.3, 0.4) is 0 Å². The van der Waals surface area contributed by atoms with Crippen LogP contribution in [-0.4, -0.2) is 62.5 Å². The number of thiophene rings is 1. The molecule has 0 unspecified atom stereocenters. The van der Waals surface area contributed by atoms with E-state index < -0.39 is 0 Å². The molecule has 0 saturated heterocycles. The van der Waals surface area contributed by atoms with Gasteiger partial charge in [0.05, 0.1) is 23.4 Å². The van der Waals surface area contributed by atoms with E-state index in [-0.39, 0.29) is 18.1 Å². The third kappa shape index (κ3) is 4.98. The molecule has 1 aromatic carbocycles. The van der Waals surface area contributed by atoms with Crippen LogP contribution in [0.1, 0.15) is 36.4 Å². The summed E-state index contributed by atoms with van der Waals surface area (Å²) in [5, 5.41) is 1.43. The van der Waals surface area contributed by atoms with Gasteiger partial charge in [0.1, 0.15) is 16.9 Å². The van der Waals surface area contributed by atoms with Crippen LogP contribution in [-0.2, 0) is 16.0 Å². The smallest absolute Gasteiger partial charge is 0.267 e. The molecular formula is C24H32N2O5S. The van der Waals surface area contributed by atoms with Crippen molar-refractivity contribution in [3.05, 3.63) is 39.5 Å². The Morgan fingerprint density at radius 2 is 1.94 bits per heavy atom. The van der Waals surface area contributed by atoms with E-state index in [4.69, 9.17) is 14.2 Å².